The highest BCUT2D eigenvalue weighted by atomic mass is 16.6. The first-order chi connectivity index (χ1) is 7.00. The third-order valence-electron chi connectivity index (χ3n) is 1.97. The predicted molar refractivity (Wildman–Crippen MR) is 44.8 cm³/mol. The van der Waals surface area contributed by atoms with E-state index in [1.165, 1.54) is 0 Å². The number of aromatic hydroxyl groups is 1. The smallest absolute Gasteiger partial charge is 0.350 e. The van der Waals surface area contributed by atoms with Crippen molar-refractivity contribution in [2.75, 3.05) is 0 Å². The quantitative estimate of drug-likeness (QED) is 0.511. The number of phenolic OH excluding ortho intramolecular Hbond substituents is 1. The Kier molecular flexibility index (Phi) is 1.72. The summed E-state index contributed by atoms with van der Waals surface area (Å²) in [5.74, 6) is -3.79. The summed E-state index contributed by atoms with van der Waals surface area (Å²) in [7, 11) is 0. The second kappa shape index (κ2) is 2.81. The van der Waals surface area contributed by atoms with Crippen molar-refractivity contribution in [3.8, 4) is 5.75 Å². The van der Waals surface area contributed by atoms with Crippen LogP contribution in [0.2, 0.25) is 0 Å². The number of aromatic carboxylic acids is 1. The predicted octanol–water partition coefficient (Wildman–Crippen LogP) is 0.401. The van der Waals surface area contributed by atoms with Gasteiger partial charge in [-0.15, -0.1) is 0 Å². The van der Waals surface area contributed by atoms with Gasteiger partial charge in [-0.1, -0.05) is 0 Å². The van der Waals surface area contributed by atoms with E-state index in [-0.39, 0.29) is 16.7 Å². The molecule has 76 valence electrons. The summed E-state index contributed by atoms with van der Waals surface area (Å²) in [5.41, 5.74) is -0.791. The minimum absolute atomic E-state index is 0.225. The van der Waals surface area contributed by atoms with Crippen LogP contribution < -0.4 is 0 Å². The molecule has 2 N–H and O–H groups in total. The van der Waals surface area contributed by atoms with Gasteiger partial charge < -0.3 is 14.9 Å². The molecule has 0 unspecified atom stereocenters. The molecule has 0 bridgehead atoms. The normalized spacial score (nSPS) is 13.6. The number of carbonyl (C=O) groups is 3. The number of carboxylic acid groups (broad SMARTS) is 1. The van der Waals surface area contributed by atoms with Crippen LogP contribution in [-0.4, -0.2) is 28.1 Å². The molecule has 0 saturated heterocycles. The van der Waals surface area contributed by atoms with E-state index in [1.54, 1.807) is 0 Å². The number of esters is 2. The standard InChI is InChI=1S/C9H4O6/c10-5-2-3(7(11)12)1-4-6(5)9(14)15-8(4)13/h1-2,10H,(H,11,12). The maximum absolute atomic E-state index is 11.1. The van der Waals surface area contributed by atoms with Crippen LogP contribution in [0.1, 0.15) is 31.1 Å². The fourth-order valence-electron chi connectivity index (χ4n) is 1.32. The van der Waals surface area contributed by atoms with E-state index < -0.39 is 23.7 Å². The highest BCUT2D eigenvalue weighted by Gasteiger charge is 2.33. The van der Waals surface area contributed by atoms with Crippen LogP contribution in [0.4, 0.5) is 0 Å². The molecule has 1 aliphatic heterocycles. The minimum Gasteiger partial charge on any atom is -0.507 e. The lowest BCUT2D eigenvalue weighted by molar-refractivity contribution is 0.0442. The summed E-state index contributed by atoms with van der Waals surface area (Å²) in [6, 6.07) is 1.88. The van der Waals surface area contributed by atoms with Crippen LogP contribution in [0.5, 0.6) is 5.75 Å². The maximum atomic E-state index is 11.1. The van der Waals surface area contributed by atoms with Gasteiger partial charge in [0.25, 0.3) is 0 Å². The number of ether oxygens (including phenoxy) is 1. The van der Waals surface area contributed by atoms with Crippen molar-refractivity contribution in [3.05, 3.63) is 28.8 Å². The number of benzene rings is 1. The van der Waals surface area contributed by atoms with E-state index in [9.17, 15) is 19.5 Å². The van der Waals surface area contributed by atoms with Crippen molar-refractivity contribution in [2.45, 2.75) is 0 Å². The molecule has 0 spiro atoms. The average Bonchev–Trinajstić information content (AvgIpc) is 2.42. The van der Waals surface area contributed by atoms with Crippen molar-refractivity contribution in [2.24, 2.45) is 0 Å². The monoisotopic (exact) mass is 208 g/mol. The van der Waals surface area contributed by atoms with E-state index in [0.717, 1.165) is 12.1 Å². The van der Waals surface area contributed by atoms with Crippen LogP contribution in [0.15, 0.2) is 12.1 Å². The lowest BCUT2D eigenvalue weighted by Gasteiger charge is -1.99. The van der Waals surface area contributed by atoms with Crippen LogP contribution in [0, 0.1) is 0 Å². The molecule has 0 aliphatic carbocycles. The summed E-state index contributed by atoms with van der Waals surface area (Å²) in [5, 5.41) is 18.0. The molecule has 0 aromatic heterocycles. The second-order valence-electron chi connectivity index (χ2n) is 2.90. The zero-order valence-electron chi connectivity index (χ0n) is 7.18. The summed E-state index contributed by atoms with van der Waals surface area (Å²) < 4.78 is 4.22. The molecule has 0 fully saturated rings. The number of rotatable bonds is 1. The largest absolute Gasteiger partial charge is 0.507 e. The highest BCUT2D eigenvalue weighted by molar-refractivity contribution is 6.17. The van der Waals surface area contributed by atoms with Gasteiger partial charge in [0.1, 0.15) is 11.3 Å². The lowest BCUT2D eigenvalue weighted by atomic mass is 10.0. The van der Waals surface area contributed by atoms with E-state index >= 15 is 0 Å². The van der Waals surface area contributed by atoms with Gasteiger partial charge >= 0.3 is 17.9 Å². The number of phenols is 1. The fraction of sp³-hybridized carbons (Fsp3) is 0. The molecule has 0 radical (unpaired) electrons. The molecule has 1 aromatic carbocycles. The molecule has 0 saturated carbocycles. The number of hydrogen-bond acceptors (Lipinski definition) is 5. The number of fused-ring (bicyclic) bond motifs is 1. The van der Waals surface area contributed by atoms with Crippen molar-refractivity contribution in [1.29, 1.82) is 0 Å². The third kappa shape index (κ3) is 1.23. The number of carbonyl (C=O) groups excluding carboxylic acids is 2. The average molecular weight is 208 g/mol. The molecule has 6 nitrogen and oxygen atoms in total. The SMILES string of the molecule is O=C(O)c1cc(O)c2c(c1)C(=O)OC2=O. The van der Waals surface area contributed by atoms with Crippen LogP contribution in [0.3, 0.4) is 0 Å². The number of carboxylic acids is 1. The Morgan fingerprint density at radius 3 is 2.47 bits per heavy atom. The molecule has 0 amide bonds. The molecule has 2 rings (SSSR count). The molecule has 1 heterocycles. The zero-order chi connectivity index (χ0) is 11.2. The molecular weight excluding hydrogens is 204 g/mol. The summed E-state index contributed by atoms with van der Waals surface area (Å²) in [6.07, 6.45) is 0. The van der Waals surface area contributed by atoms with Crippen molar-refractivity contribution < 1.29 is 29.3 Å². The van der Waals surface area contributed by atoms with Gasteiger partial charge in [0, 0.05) is 0 Å². The zero-order valence-corrected chi connectivity index (χ0v) is 7.18. The van der Waals surface area contributed by atoms with E-state index in [2.05, 4.69) is 4.74 Å². The summed E-state index contributed by atoms with van der Waals surface area (Å²) >= 11 is 0. The first-order valence-electron chi connectivity index (χ1n) is 3.87. The van der Waals surface area contributed by atoms with Gasteiger partial charge in [-0.2, -0.15) is 0 Å². The van der Waals surface area contributed by atoms with Gasteiger partial charge in [-0.25, -0.2) is 14.4 Å². The van der Waals surface area contributed by atoms with E-state index in [0.29, 0.717) is 0 Å². The van der Waals surface area contributed by atoms with Gasteiger partial charge in [0.2, 0.25) is 0 Å². The molecule has 1 aliphatic rings. The van der Waals surface area contributed by atoms with Gasteiger partial charge in [-0.05, 0) is 12.1 Å². The number of hydrogen-bond donors (Lipinski definition) is 2. The van der Waals surface area contributed by atoms with E-state index in [4.69, 9.17) is 5.11 Å². The first kappa shape index (κ1) is 9.20. The van der Waals surface area contributed by atoms with Crippen LogP contribution in [0.25, 0.3) is 0 Å². The Bertz CT molecular complexity index is 502. The molecular formula is C9H4O6. The van der Waals surface area contributed by atoms with Crippen LogP contribution in [-0.2, 0) is 4.74 Å². The van der Waals surface area contributed by atoms with Gasteiger partial charge in [0.05, 0.1) is 11.1 Å². The van der Waals surface area contributed by atoms with Gasteiger partial charge in [-0.3, -0.25) is 0 Å². The molecule has 15 heavy (non-hydrogen) atoms. The summed E-state index contributed by atoms with van der Waals surface area (Å²) in [4.78, 5) is 32.7. The van der Waals surface area contributed by atoms with Crippen molar-refractivity contribution >= 4 is 17.9 Å². The number of cyclic esters (lactones) is 2. The minimum atomic E-state index is -1.31. The van der Waals surface area contributed by atoms with Gasteiger partial charge in [0.15, 0.2) is 0 Å². The van der Waals surface area contributed by atoms with Crippen molar-refractivity contribution in [3.63, 3.8) is 0 Å². The topological polar surface area (TPSA) is 101 Å². The molecule has 0 atom stereocenters. The van der Waals surface area contributed by atoms with Crippen LogP contribution >= 0.6 is 0 Å². The molecule has 6 heteroatoms. The highest BCUT2D eigenvalue weighted by Crippen LogP contribution is 2.29. The Hall–Kier alpha value is -2.37. The lowest BCUT2D eigenvalue weighted by Crippen LogP contribution is -2.00. The summed E-state index contributed by atoms with van der Waals surface area (Å²) in [6.45, 7) is 0. The Morgan fingerprint density at radius 1 is 1.20 bits per heavy atom. The second-order valence-corrected chi connectivity index (χ2v) is 2.90. The Balaban J connectivity index is 2.71. The first-order valence-corrected chi connectivity index (χ1v) is 3.87. The fourth-order valence-corrected chi connectivity index (χ4v) is 1.32. The third-order valence-corrected chi connectivity index (χ3v) is 1.97. The van der Waals surface area contributed by atoms with Crippen molar-refractivity contribution in [1.82, 2.24) is 0 Å². The Labute approximate surface area is 82.7 Å². The maximum Gasteiger partial charge on any atom is 0.350 e. The Morgan fingerprint density at radius 2 is 1.87 bits per heavy atom. The molecule has 1 aromatic rings. The van der Waals surface area contributed by atoms with E-state index in [1.807, 2.05) is 0 Å².